The third-order valence-corrected chi connectivity index (χ3v) is 9.88. The molecule has 0 bridgehead atoms. The molecule has 3 fully saturated rings. The number of esters is 1. The van der Waals surface area contributed by atoms with Crippen LogP contribution < -0.4 is 0 Å². The summed E-state index contributed by atoms with van der Waals surface area (Å²) in [5.74, 6) is 0.511. The van der Waals surface area contributed by atoms with Crippen LogP contribution in [0, 0.1) is 28.6 Å². The Balaban J connectivity index is 1.70. The van der Waals surface area contributed by atoms with Gasteiger partial charge in [-0.2, -0.15) is 0 Å². The van der Waals surface area contributed by atoms with Crippen LogP contribution in [0.25, 0.3) is 0 Å². The van der Waals surface area contributed by atoms with Crippen molar-refractivity contribution >= 4 is 29.3 Å². The quantitative estimate of drug-likeness (QED) is 0.335. The third kappa shape index (κ3) is 3.82. The van der Waals surface area contributed by atoms with Crippen molar-refractivity contribution in [3.63, 3.8) is 0 Å². The standard InChI is InChI=1S/C26H38O6S/c1-5-22(30)32-26(21(29)14-31-15-33-4)11-9-19-18-7-6-16-12-17(27)8-10-24(16,2)23(18)20(28)13-25(19,26)3/h12,18-20,23,28H,5-11,13-15H2,1-4H3/t18-,19-,20-,23+,24-,25-,26-/m0/s1. The zero-order valence-electron chi connectivity index (χ0n) is 20.4. The average Bonchev–Trinajstić information content (AvgIpc) is 3.06. The maximum absolute atomic E-state index is 13.6. The average molecular weight is 479 g/mol. The first kappa shape index (κ1) is 24.9. The number of Topliss-reactive ketones (excluding diaryl/α,β-unsaturated/α-hetero) is 1. The molecule has 1 N–H and O–H groups in total. The van der Waals surface area contributed by atoms with Crippen molar-refractivity contribution in [3.05, 3.63) is 11.6 Å². The predicted molar refractivity (Wildman–Crippen MR) is 127 cm³/mol. The van der Waals surface area contributed by atoms with E-state index in [4.69, 9.17) is 9.47 Å². The summed E-state index contributed by atoms with van der Waals surface area (Å²) in [5.41, 5.74) is -0.894. The second-order valence-electron chi connectivity index (χ2n) is 10.9. The summed E-state index contributed by atoms with van der Waals surface area (Å²) in [6, 6.07) is 0. The van der Waals surface area contributed by atoms with E-state index in [2.05, 4.69) is 13.8 Å². The first-order chi connectivity index (χ1) is 15.6. The largest absolute Gasteiger partial charge is 0.450 e. The predicted octanol–water partition coefficient (Wildman–Crippen LogP) is 4.09. The lowest BCUT2D eigenvalue weighted by atomic mass is 9.45. The van der Waals surface area contributed by atoms with Crippen LogP contribution in [0.15, 0.2) is 11.6 Å². The third-order valence-electron chi connectivity index (χ3n) is 9.48. The number of hydrogen-bond acceptors (Lipinski definition) is 7. The summed E-state index contributed by atoms with van der Waals surface area (Å²) in [6.07, 6.45) is 8.08. The molecule has 4 aliphatic rings. The summed E-state index contributed by atoms with van der Waals surface area (Å²) in [5, 5.41) is 11.6. The number of ketones is 2. The smallest absolute Gasteiger partial charge is 0.306 e. The molecule has 0 aromatic heterocycles. The van der Waals surface area contributed by atoms with Crippen LogP contribution in [0.5, 0.6) is 0 Å². The Bertz CT molecular complexity index is 854. The topological polar surface area (TPSA) is 89.9 Å². The molecule has 0 saturated heterocycles. The maximum Gasteiger partial charge on any atom is 0.306 e. The summed E-state index contributed by atoms with van der Waals surface area (Å²) in [7, 11) is 0. The second kappa shape index (κ2) is 9.12. The van der Waals surface area contributed by atoms with Crippen molar-refractivity contribution in [3.8, 4) is 0 Å². The monoisotopic (exact) mass is 478 g/mol. The molecule has 6 nitrogen and oxygen atoms in total. The number of aliphatic hydroxyl groups is 1. The summed E-state index contributed by atoms with van der Waals surface area (Å²) in [6.45, 7) is 5.93. The van der Waals surface area contributed by atoms with E-state index in [0.29, 0.717) is 25.2 Å². The molecule has 4 rings (SSSR count). The van der Waals surface area contributed by atoms with Crippen molar-refractivity contribution in [1.29, 1.82) is 0 Å². The zero-order chi connectivity index (χ0) is 24.0. The molecule has 0 spiro atoms. The highest BCUT2D eigenvalue weighted by molar-refractivity contribution is 7.98. The van der Waals surface area contributed by atoms with Gasteiger partial charge >= 0.3 is 5.97 Å². The van der Waals surface area contributed by atoms with E-state index in [1.807, 2.05) is 12.3 Å². The molecule has 4 aliphatic carbocycles. The molecular formula is C26H38O6S. The summed E-state index contributed by atoms with van der Waals surface area (Å²) in [4.78, 5) is 38.2. The van der Waals surface area contributed by atoms with Gasteiger partial charge in [-0.1, -0.05) is 26.3 Å². The number of fused-ring (bicyclic) bond motifs is 5. The number of allylic oxidation sites excluding steroid dienone is 1. The van der Waals surface area contributed by atoms with Gasteiger partial charge in [0.1, 0.15) is 6.61 Å². The van der Waals surface area contributed by atoms with E-state index in [9.17, 15) is 19.5 Å². The lowest BCUT2D eigenvalue weighted by Gasteiger charge is -2.60. The summed E-state index contributed by atoms with van der Waals surface area (Å²) < 4.78 is 11.6. The lowest BCUT2D eigenvalue weighted by molar-refractivity contribution is -0.202. The fourth-order valence-corrected chi connectivity index (χ4v) is 8.21. The van der Waals surface area contributed by atoms with Crippen LogP contribution in [0.2, 0.25) is 0 Å². The van der Waals surface area contributed by atoms with E-state index in [0.717, 1.165) is 25.7 Å². The highest BCUT2D eigenvalue weighted by Crippen LogP contribution is 2.68. The van der Waals surface area contributed by atoms with Gasteiger partial charge in [0.15, 0.2) is 11.4 Å². The SMILES string of the molecule is CCC(=O)O[C@]1(C(=O)COCSC)CC[C@H]2[C@@H]3CCC4=CC(=O)CC[C@]4(C)[C@H]3[C@@H](O)C[C@@]21C. The molecule has 0 amide bonds. The van der Waals surface area contributed by atoms with E-state index in [-0.39, 0.29) is 53.7 Å². The molecule has 7 heteroatoms. The van der Waals surface area contributed by atoms with Crippen molar-refractivity contribution in [2.75, 3.05) is 18.8 Å². The molecule has 7 atom stereocenters. The van der Waals surface area contributed by atoms with Gasteiger partial charge in [0, 0.05) is 18.3 Å². The highest BCUT2D eigenvalue weighted by atomic mass is 32.2. The molecule has 0 aromatic rings. The minimum Gasteiger partial charge on any atom is -0.450 e. The number of rotatable bonds is 7. The second-order valence-corrected chi connectivity index (χ2v) is 11.8. The molecule has 0 aromatic carbocycles. The minimum absolute atomic E-state index is 0.0594. The Morgan fingerprint density at radius 3 is 2.67 bits per heavy atom. The molecule has 3 saturated carbocycles. The van der Waals surface area contributed by atoms with Gasteiger partial charge in [-0.25, -0.2) is 0 Å². The fourth-order valence-electron chi connectivity index (χ4n) is 7.96. The Morgan fingerprint density at radius 2 is 1.97 bits per heavy atom. The van der Waals surface area contributed by atoms with Gasteiger partial charge in [0.25, 0.3) is 0 Å². The first-order valence-electron chi connectivity index (χ1n) is 12.4. The number of hydrogen-bond donors (Lipinski definition) is 1. The van der Waals surface area contributed by atoms with Crippen LogP contribution in [-0.4, -0.2) is 53.1 Å². The summed E-state index contributed by atoms with van der Waals surface area (Å²) >= 11 is 1.50. The molecular weight excluding hydrogens is 440 g/mol. The normalized spacial score (nSPS) is 42.1. The number of carbonyl (C=O) groups excluding carboxylic acids is 3. The van der Waals surface area contributed by atoms with Crippen molar-refractivity contribution in [1.82, 2.24) is 0 Å². The van der Waals surface area contributed by atoms with E-state index < -0.39 is 17.1 Å². The number of thioether (sulfide) groups is 1. The first-order valence-corrected chi connectivity index (χ1v) is 13.8. The van der Waals surface area contributed by atoms with Crippen LogP contribution >= 0.6 is 11.8 Å². The highest BCUT2D eigenvalue weighted by Gasteiger charge is 2.70. The van der Waals surface area contributed by atoms with Gasteiger partial charge in [0.2, 0.25) is 5.78 Å². The minimum atomic E-state index is -1.26. The van der Waals surface area contributed by atoms with Crippen LogP contribution in [-0.2, 0) is 23.9 Å². The molecule has 0 radical (unpaired) electrons. The maximum atomic E-state index is 13.6. The van der Waals surface area contributed by atoms with E-state index in [1.165, 1.54) is 17.3 Å². The van der Waals surface area contributed by atoms with Gasteiger partial charge in [-0.3, -0.25) is 14.4 Å². The van der Waals surface area contributed by atoms with Crippen molar-refractivity contribution < 1.29 is 29.0 Å². The van der Waals surface area contributed by atoms with E-state index >= 15 is 0 Å². The fraction of sp³-hybridized carbons (Fsp3) is 0.808. The lowest BCUT2D eigenvalue weighted by Crippen LogP contribution is -2.63. The van der Waals surface area contributed by atoms with Gasteiger partial charge in [0.05, 0.1) is 12.0 Å². The molecule has 0 heterocycles. The molecule has 0 aliphatic heterocycles. The number of ether oxygens (including phenoxy) is 2. The van der Waals surface area contributed by atoms with Gasteiger partial charge < -0.3 is 14.6 Å². The van der Waals surface area contributed by atoms with Crippen LogP contribution in [0.3, 0.4) is 0 Å². The Labute approximate surface area is 201 Å². The van der Waals surface area contributed by atoms with Gasteiger partial charge in [-0.15, -0.1) is 11.8 Å². The van der Waals surface area contributed by atoms with Crippen LogP contribution in [0.1, 0.15) is 72.1 Å². The van der Waals surface area contributed by atoms with E-state index in [1.54, 1.807) is 6.92 Å². The van der Waals surface area contributed by atoms with Crippen molar-refractivity contribution in [2.24, 2.45) is 28.6 Å². The van der Waals surface area contributed by atoms with Crippen molar-refractivity contribution in [2.45, 2.75) is 83.8 Å². The Kier molecular flexibility index (Phi) is 6.89. The molecule has 184 valence electrons. The molecule has 33 heavy (non-hydrogen) atoms. The molecule has 0 unspecified atom stereocenters. The number of carbonyl (C=O) groups is 3. The van der Waals surface area contributed by atoms with Gasteiger partial charge in [-0.05, 0) is 74.0 Å². The zero-order valence-corrected chi connectivity index (χ0v) is 21.2. The Morgan fingerprint density at radius 1 is 1.21 bits per heavy atom. The Hall–Kier alpha value is -1.18. The number of aliphatic hydroxyl groups excluding tert-OH is 1. The van der Waals surface area contributed by atoms with Crippen LogP contribution in [0.4, 0.5) is 0 Å².